The molecule has 3 unspecified atom stereocenters. The third kappa shape index (κ3) is 6.25. The summed E-state index contributed by atoms with van der Waals surface area (Å²) < 4.78 is 7.09. The molecule has 0 saturated carbocycles. The molecular weight excluding hydrogens is 506 g/mol. The lowest BCUT2D eigenvalue weighted by molar-refractivity contribution is -0.138. The number of nitrogens with zero attached hydrogens (tertiary/aromatic N) is 4. The molecule has 2 aromatic heterocycles. The molecule has 0 aliphatic carbocycles. The molecule has 4 rings (SSSR count). The average Bonchev–Trinajstić information content (AvgIpc) is 3.40. The number of hydrogen-bond acceptors (Lipinski definition) is 10. The maximum atomic E-state index is 12.2. The van der Waals surface area contributed by atoms with Gasteiger partial charge in [0.25, 0.3) is 5.91 Å². The summed E-state index contributed by atoms with van der Waals surface area (Å²) in [5.41, 5.74) is 8.65. The third-order valence-electron chi connectivity index (χ3n) is 5.92. The number of imidazole rings is 1. The number of aryl methyl sites for hydroxylation is 1. The summed E-state index contributed by atoms with van der Waals surface area (Å²) in [6.45, 7) is 2.59. The Hall–Kier alpha value is -3.52. The number of aliphatic hydroxyl groups is 2. The Morgan fingerprint density at radius 1 is 1.11 bits per heavy atom. The van der Waals surface area contributed by atoms with E-state index in [9.17, 15) is 19.8 Å². The summed E-state index contributed by atoms with van der Waals surface area (Å²) >= 11 is 0. The molecule has 7 N–H and O–H groups in total. The molecule has 0 bridgehead atoms. The molecule has 37 heavy (non-hydrogen) atoms. The quantitative estimate of drug-likeness (QED) is 0.208. The van der Waals surface area contributed by atoms with Crippen LogP contribution in [0.4, 0.5) is 11.8 Å². The summed E-state index contributed by atoms with van der Waals surface area (Å²) in [5, 5.41) is 35.4. The molecular formula is C23H30ClN7O6. The second kappa shape index (κ2) is 12.1. The second-order valence-electron chi connectivity index (χ2n) is 8.47. The summed E-state index contributed by atoms with van der Waals surface area (Å²) in [5.74, 6) is -0.985. The molecule has 3 aromatic rings. The highest BCUT2D eigenvalue weighted by Crippen LogP contribution is 2.32. The number of nitrogen functional groups attached to an aromatic ring is 1. The van der Waals surface area contributed by atoms with Gasteiger partial charge in [-0.1, -0.05) is 24.3 Å². The number of aliphatic hydroxyl groups excluding tert-OH is 2. The van der Waals surface area contributed by atoms with Crippen LogP contribution in [-0.4, -0.2) is 78.1 Å². The van der Waals surface area contributed by atoms with Crippen LogP contribution in [0, 0.1) is 0 Å². The van der Waals surface area contributed by atoms with Crippen LogP contribution in [-0.2, 0) is 27.2 Å². The van der Waals surface area contributed by atoms with Gasteiger partial charge in [0.1, 0.15) is 17.7 Å². The Bertz CT molecular complexity index is 1240. The van der Waals surface area contributed by atoms with Crippen LogP contribution in [0.5, 0.6) is 0 Å². The number of anilines is 2. The number of aromatic nitrogens is 4. The summed E-state index contributed by atoms with van der Waals surface area (Å²) in [6.07, 6.45) is -2.56. The number of fused-ring (bicyclic) bond motifs is 1. The van der Waals surface area contributed by atoms with Crippen LogP contribution in [0.2, 0.25) is 0 Å². The number of amides is 1. The SMILES string of the molecule is CCNC(=O)[C@H]1OC(n2cnc3c(N)nc(NCCc4ccc(CCC(=O)O)cc4)nc32)C(O)C1O.Cl. The third-order valence-corrected chi connectivity index (χ3v) is 5.92. The molecule has 0 spiro atoms. The first-order valence-electron chi connectivity index (χ1n) is 11.6. The van der Waals surface area contributed by atoms with Gasteiger partial charge in [-0.25, -0.2) is 4.98 Å². The minimum absolute atomic E-state index is 0. The van der Waals surface area contributed by atoms with Crippen LogP contribution in [0.3, 0.4) is 0 Å². The Balaban J connectivity index is 0.00000380. The number of carboxylic acids is 1. The van der Waals surface area contributed by atoms with Crippen molar-refractivity contribution in [2.24, 2.45) is 0 Å². The highest BCUT2D eigenvalue weighted by molar-refractivity contribution is 5.85. The smallest absolute Gasteiger partial charge is 0.303 e. The van der Waals surface area contributed by atoms with Crippen LogP contribution < -0.4 is 16.4 Å². The van der Waals surface area contributed by atoms with Crippen molar-refractivity contribution in [3.05, 3.63) is 41.7 Å². The minimum Gasteiger partial charge on any atom is -0.481 e. The van der Waals surface area contributed by atoms with Crippen LogP contribution >= 0.6 is 12.4 Å². The van der Waals surface area contributed by atoms with E-state index in [1.165, 1.54) is 10.9 Å². The van der Waals surface area contributed by atoms with Gasteiger partial charge >= 0.3 is 5.97 Å². The van der Waals surface area contributed by atoms with E-state index in [0.29, 0.717) is 31.4 Å². The molecule has 200 valence electrons. The predicted molar refractivity (Wildman–Crippen MR) is 136 cm³/mol. The number of carboxylic acid groups (broad SMARTS) is 1. The van der Waals surface area contributed by atoms with Gasteiger partial charge in [0, 0.05) is 19.5 Å². The Labute approximate surface area is 218 Å². The second-order valence-corrected chi connectivity index (χ2v) is 8.47. The van der Waals surface area contributed by atoms with Crippen molar-refractivity contribution >= 4 is 47.2 Å². The van der Waals surface area contributed by atoms with Crippen molar-refractivity contribution in [3.8, 4) is 0 Å². The van der Waals surface area contributed by atoms with E-state index in [4.69, 9.17) is 15.6 Å². The molecule has 1 aliphatic heterocycles. The number of carbonyl (C=O) groups excluding carboxylic acids is 1. The lowest BCUT2D eigenvalue weighted by atomic mass is 10.1. The molecule has 1 aromatic carbocycles. The highest BCUT2D eigenvalue weighted by Gasteiger charge is 2.47. The predicted octanol–water partition coefficient (Wildman–Crippen LogP) is 0.257. The Kier molecular flexibility index (Phi) is 9.21. The maximum absolute atomic E-state index is 12.2. The number of hydrogen-bond donors (Lipinski definition) is 6. The number of benzene rings is 1. The van der Waals surface area contributed by atoms with E-state index in [1.54, 1.807) is 6.92 Å². The lowest BCUT2D eigenvalue weighted by Gasteiger charge is -2.16. The average molecular weight is 536 g/mol. The Morgan fingerprint density at radius 3 is 2.43 bits per heavy atom. The first kappa shape index (κ1) is 28.1. The fourth-order valence-electron chi connectivity index (χ4n) is 4.03. The molecule has 4 atom stereocenters. The molecule has 0 radical (unpaired) electrons. The standard InChI is InChI=1S/C23H29N7O6.ClH/c1-2-25-21(35)18-16(33)17(34)22(36-18)30-11-27-15-19(24)28-23(29-20(15)30)26-10-9-13-5-3-12(4-6-13)7-8-14(31)32;/h3-6,11,16-18,22,33-34H,2,7-10H2,1H3,(H,25,35)(H,31,32)(H3,24,26,28,29);1H/t16?,17?,18-,22?;/m0./s1. The monoisotopic (exact) mass is 535 g/mol. The van der Waals surface area contributed by atoms with Crippen LogP contribution in [0.25, 0.3) is 11.2 Å². The fraction of sp³-hybridized carbons (Fsp3) is 0.435. The first-order valence-corrected chi connectivity index (χ1v) is 11.6. The van der Waals surface area contributed by atoms with Crippen molar-refractivity contribution in [2.45, 2.75) is 50.7 Å². The number of ether oxygens (including phenoxy) is 1. The van der Waals surface area contributed by atoms with Crippen molar-refractivity contribution in [2.75, 3.05) is 24.1 Å². The van der Waals surface area contributed by atoms with Crippen molar-refractivity contribution in [1.82, 2.24) is 24.8 Å². The van der Waals surface area contributed by atoms with Crippen LogP contribution in [0.1, 0.15) is 30.7 Å². The van der Waals surface area contributed by atoms with Gasteiger partial charge in [0.2, 0.25) is 5.95 Å². The van der Waals surface area contributed by atoms with Crippen LogP contribution in [0.15, 0.2) is 30.6 Å². The van der Waals surface area contributed by atoms with Crippen molar-refractivity contribution in [3.63, 3.8) is 0 Å². The van der Waals surface area contributed by atoms with E-state index in [-0.39, 0.29) is 36.2 Å². The molecule has 13 nitrogen and oxygen atoms in total. The van der Waals surface area contributed by atoms with Gasteiger partial charge in [-0.3, -0.25) is 14.2 Å². The number of aliphatic carboxylic acids is 1. The van der Waals surface area contributed by atoms with E-state index in [0.717, 1.165) is 11.1 Å². The lowest BCUT2D eigenvalue weighted by Crippen LogP contribution is -2.42. The normalized spacial score (nSPS) is 20.9. The van der Waals surface area contributed by atoms with Gasteiger partial charge in [-0.15, -0.1) is 12.4 Å². The van der Waals surface area contributed by atoms with Gasteiger partial charge in [-0.05, 0) is 30.9 Å². The zero-order valence-corrected chi connectivity index (χ0v) is 20.9. The number of rotatable bonds is 10. The maximum Gasteiger partial charge on any atom is 0.303 e. The number of likely N-dealkylation sites (N-methyl/N-ethyl adjacent to an activating group) is 1. The molecule has 1 saturated heterocycles. The molecule has 3 heterocycles. The van der Waals surface area contributed by atoms with E-state index in [1.807, 2.05) is 24.3 Å². The van der Waals surface area contributed by atoms with Gasteiger partial charge in [-0.2, -0.15) is 9.97 Å². The molecule has 1 fully saturated rings. The molecule has 1 aliphatic rings. The van der Waals surface area contributed by atoms with Crippen molar-refractivity contribution in [1.29, 1.82) is 0 Å². The van der Waals surface area contributed by atoms with E-state index >= 15 is 0 Å². The highest BCUT2D eigenvalue weighted by atomic mass is 35.5. The first-order chi connectivity index (χ1) is 17.3. The summed E-state index contributed by atoms with van der Waals surface area (Å²) in [4.78, 5) is 35.8. The zero-order valence-electron chi connectivity index (χ0n) is 20.1. The summed E-state index contributed by atoms with van der Waals surface area (Å²) in [7, 11) is 0. The largest absolute Gasteiger partial charge is 0.481 e. The number of carbonyl (C=O) groups is 2. The van der Waals surface area contributed by atoms with E-state index < -0.39 is 36.4 Å². The number of halogens is 1. The topological polar surface area (TPSA) is 198 Å². The zero-order chi connectivity index (χ0) is 25.8. The molecule has 14 heteroatoms. The van der Waals surface area contributed by atoms with Gasteiger partial charge < -0.3 is 36.4 Å². The van der Waals surface area contributed by atoms with Crippen molar-refractivity contribution < 1.29 is 29.6 Å². The number of nitrogens with one attached hydrogen (secondary N) is 2. The Morgan fingerprint density at radius 2 is 1.78 bits per heavy atom. The molecule has 1 amide bonds. The summed E-state index contributed by atoms with van der Waals surface area (Å²) in [6, 6.07) is 7.71. The van der Waals surface area contributed by atoms with E-state index in [2.05, 4.69) is 25.6 Å². The van der Waals surface area contributed by atoms with Gasteiger partial charge in [0.15, 0.2) is 23.8 Å². The fourth-order valence-corrected chi connectivity index (χ4v) is 4.03. The van der Waals surface area contributed by atoms with Gasteiger partial charge in [0.05, 0.1) is 6.33 Å². The minimum atomic E-state index is -1.42. The number of nitrogens with two attached hydrogens (primary N) is 1.